The molecule has 0 aliphatic carbocycles. The number of unbranched alkanes of at least 4 members (excludes halogenated alkanes) is 1. The molecule has 0 rings (SSSR count). The Morgan fingerprint density at radius 2 is 1.83 bits per heavy atom. The molecule has 0 N–H and O–H groups in total. The van der Waals surface area contributed by atoms with E-state index in [4.69, 9.17) is 0 Å². The summed E-state index contributed by atoms with van der Waals surface area (Å²) in [6.07, 6.45) is 6.32. The Balaban J connectivity index is 4.58. The smallest absolute Gasteiger partial charge is 0.0634 e. The third-order valence-corrected chi connectivity index (χ3v) is 5.03. The van der Waals surface area contributed by atoms with Crippen LogP contribution in [0.25, 0.3) is 0 Å². The third kappa shape index (κ3) is 5.69. The van der Waals surface area contributed by atoms with E-state index < -0.39 is 0 Å². The van der Waals surface area contributed by atoms with Crippen molar-refractivity contribution in [3.63, 3.8) is 0 Å². The fourth-order valence-electron chi connectivity index (χ4n) is 2.65. The number of hydrogen-bond acceptors (Lipinski definition) is 2. The van der Waals surface area contributed by atoms with Crippen LogP contribution in [0.2, 0.25) is 0 Å². The lowest BCUT2D eigenvalue weighted by atomic mass is 9.78. The number of hydrogen-bond donors (Lipinski definition) is 0. The summed E-state index contributed by atoms with van der Waals surface area (Å²) in [7, 11) is 2.22. The second kappa shape index (κ2) is 8.90. The SMILES string of the molecule is C=C(SCCC)N(C)C(CC)C(C)(C)CCCC. The Morgan fingerprint density at radius 3 is 2.28 bits per heavy atom. The van der Waals surface area contributed by atoms with Gasteiger partial charge in [0.05, 0.1) is 5.03 Å². The molecular weight excluding hydrogens is 238 g/mol. The maximum Gasteiger partial charge on any atom is 0.0634 e. The van der Waals surface area contributed by atoms with Gasteiger partial charge in [0.25, 0.3) is 0 Å². The fraction of sp³-hybridized carbons (Fsp3) is 0.875. The largest absolute Gasteiger partial charge is 0.366 e. The maximum atomic E-state index is 4.24. The lowest BCUT2D eigenvalue weighted by Gasteiger charge is -2.42. The zero-order chi connectivity index (χ0) is 14.2. The van der Waals surface area contributed by atoms with E-state index in [0.29, 0.717) is 11.5 Å². The van der Waals surface area contributed by atoms with Gasteiger partial charge < -0.3 is 4.90 Å². The standard InChI is InChI=1S/C16H33NS/c1-8-11-12-16(5,6)15(10-3)17(7)14(4)18-13-9-2/h15H,4,8-13H2,1-3,5-7H3. The summed E-state index contributed by atoms with van der Waals surface area (Å²) in [5, 5.41) is 1.23. The van der Waals surface area contributed by atoms with Gasteiger partial charge in [-0.05, 0) is 30.4 Å². The quantitative estimate of drug-likeness (QED) is 0.514. The zero-order valence-corrected chi connectivity index (χ0v) is 14.2. The fourth-order valence-corrected chi connectivity index (χ4v) is 3.42. The Kier molecular flexibility index (Phi) is 8.85. The van der Waals surface area contributed by atoms with Gasteiger partial charge in [-0.3, -0.25) is 0 Å². The minimum absolute atomic E-state index is 0.370. The molecule has 0 heterocycles. The van der Waals surface area contributed by atoms with Gasteiger partial charge in [0.2, 0.25) is 0 Å². The van der Waals surface area contributed by atoms with Crippen LogP contribution in [0.3, 0.4) is 0 Å². The predicted octanol–water partition coefficient (Wildman–Crippen LogP) is 5.53. The van der Waals surface area contributed by atoms with Crippen molar-refractivity contribution in [1.29, 1.82) is 0 Å². The van der Waals surface area contributed by atoms with Gasteiger partial charge >= 0.3 is 0 Å². The summed E-state index contributed by atoms with van der Waals surface area (Å²) in [6.45, 7) is 15.9. The van der Waals surface area contributed by atoms with Crippen molar-refractivity contribution in [3.05, 3.63) is 11.6 Å². The van der Waals surface area contributed by atoms with E-state index in [-0.39, 0.29) is 0 Å². The summed E-state index contributed by atoms with van der Waals surface area (Å²) in [5.41, 5.74) is 0.370. The molecule has 0 radical (unpaired) electrons. The molecule has 0 saturated heterocycles. The van der Waals surface area contributed by atoms with Crippen LogP contribution < -0.4 is 0 Å². The maximum absolute atomic E-state index is 4.24. The highest BCUT2D eigenvalue weighted by atomic mass is 32.2. The highest BCUT2D eigenvalue weighted by Gasteiger charge is 2.31. The summed E-state index contributed by atoms with van der Waals surface area (Å²) < 4.78 is 0. The molecule has 0 aromatic carbocycles. The molecule has 0 aliphatic heterocycles. The lowest BCUT2D eigenvalue weighted by molar-refractivity contribution is 0.131. The summed E-state index contributed by atoms with van der Waals surface area (Å²) in [4.78, 5) is 2.41. The minimum Gasteiger partial charge on any atom is -0.366 e. The number of rotatable bonds is 10. The molecule has 0 aromatic rings. The van der Waals surface area contributed by atoms with Gasteiger partial charge in [-0.15, -0.1) is 11.8 Å². The highest BCUT2D eigenvalue weighted by molar-refractivity contribution is 8.02. The highest BCUT2D eigenvalue weighted by Crippen LogP contribution is 2.35. The van der Waals surface area contributed by atoms with Gasteiger partial charge in [0.15, 0.2) is 0 Å². The van der Waals surface area contributed by atoms with Gasteiger partial charge in [-0.1, -0.05) is 54.0 Å². The molecule has 1 nitrogen and oxygen atoms in total. The van der Waals surface area contributed by atoms with Gasteiger partial charge in [0.1, 0.15) is 0 Å². The molecule has 0 aromatic heterocycles. The van der Waals surface area contributed by atoms with Crippen molar-refractivity contribution in [2.75, 3.05) is 12.8 Å². The van der Waals surface area contributed by atoms with Crippen molar-refractivity contribution in [3.8, 4) is 0 Å². The Bertz CT molecular complexity index is 235. The molecule has 0 fully saturated rings. The van der Waals surface area contributed by atoms with E-state index in [1.54, 1.807) is 0 Å². The van der Waals surface area contributed by atoms with E-state index >= 15 is 0 Å². The first-order valence-electron chi connectivity index (χ1n) is 7.45. The predicted molar refractivity (Wildman–Crippen MR) is 87.0 cm³/mol. The monoisotopic (exact) mass is 271 g/mol. The first-order chi connectivity index (χ1) is 8.40. The topological polar surface area (TPSA) is 3.24 Å². The van der Waals surface area contributed by atoms with Gasteiger partial charge in [-0.25, -0.2) is 0 Å². The van der Waals surface area contributed by atoms with E-state index in [1.165, 1.54) is 42.9 Å². The van der Waals surface area contributed by atoms with Crippen LogP contribution >= 0.6 is 11.8 Å². The molecule has 18 heavy (non-hydrogen) atoms. The molecule has 0 saturated carbocycles. The van der Waals surface area contributed by atoms with Crippen molar-refractivity contribution < 1.29 is 0 Å². The summed E-state index contributed by atoms with van der Waals surface area (Å²) in [6, 6.07) is 0.598. The number of thioether (sulfide) groups is 1. The first-order valence-corrected chi connectivity index (χ1v) is 8.43. The third-order valence-electron chi connectivity index (χ3n) is 3.80. The molecule has 0 spiro atoms. The summed E-state index contributed by atoms with van der Waals surface area (Å²) >= 11 is 1.90. The summed E-state index contributed by atoms with van der Waals surface area (Å²) in [5.74, 6) is 1.18. The second-order valence-corrected chi connectivity index (χ2v) is 7.04. The van der Waals surface area contributed by atoms with Crippen LogP contribution in [0.4, 0.5) is 0 Å². The van der Waals surface area contributed by atoms with Crippen LogP contribution in [-0.2, 0) is 0 Å². The van der Waals surface area contributed by atoms with Crippen molar-refractivity contribution >= 4 is 11.8 Å². The average molecular weight is 272 g/mol. The zero-order valence-electron chi connectivity index (χ0n) is 13.4. The molecule has 0 aliphatic rings. The normalized spacial score (nSPS) is 13.4. The van der Waals surface area contributed by atoms with Gasteiger partial charge in [0, 0.05) is 13.1 Å². The first kappa shape index (κ1) is 17.9. The van der Waals surface area contributed by atoms with Crippen LogP contribution in [0.15, 0.2) is 11.6 Å². The van der Waals surface area contributed by atoms with Crippen LogP contribution in [0.1, 0.15) is 66.7 Å². The number of nitrogens with zero attached hydrogens (tertiary/aromatic N) is 1. The molecule has 108 valence electrons. The van der Waals surface area contributed by atoms with Crippen molar-refractivity contribution in [2.24, 2.45) is 5.41 Å². The second-order valence-electron chi connectivity index (χ2n) is 5.87. The minimum atomic E-state index is 0.370. The van der Waals surface area contributed by atoms with Crippen LogP contribution in [0, 0.1) is 5.41 Å². The van der Waals surface area contributed by atoms with Crippen LogP contribution in [0.5, 0.6) is 0 Å². The lowest BCUT2D eigenvalue weighted by Crippen LogP contribution is -2.41. The molecule has 2 heteroatoms. The molecule has 1 unspecified atom stereocenters. The van der Waals surface area contributed by atoms with Crippen LogP contribution in [-0.4, -0.2) is 23.7 Å². The Labute approximate surface area is 119 Å². The molecule has 0 bridgehead atoms. The van der Waals surface area contributed by atoms with E-state index in [0.717, 1.165) is 0 Å². The van der Waals surface area contributed by atoms with E-state index in [9.17, 15) is 0 Å². The molecule has 0 amide bonds. The van der Waals surface area contributed by atoms with Crippen molar-refractivity contribution in [2.45, 2.75) is 72.8 Å². The van der Waals surface area contributed by atoms with Crippen molar-refractivity contribution in [1.82, 2.24) is 4.90 Å². The van der Waals surface area contributed by atoms with E-state index in [1.807, 2.05) is 11.8 Å². The molecule has 1 atom stereocenters. The Hall–Kier alpha value is -0.110. The Morgan fingerprint density at radius 1 is 1.22 bits per heavy atom. The average Bonchev–Trinajstić information content (AvgIpc) is 2.33. The van der Waals surface area contributed by atoms with E-state index in [2.05, 4.69) is 53.1 Å². The molecular formula is C16H33NS. The van der Waals surface area contributed by atoms with Gasteiger partial charge in [-0.2, -0.15) is 0 Å².